The fraction of sp³-hybridized carbons (Fsp3) is 0.500. The fourth-order valence-corrected chi connectivity index (χ4v) is 2.59. The Labute approximate surface area is 178 Å². The van der Waals surface area contributed by atoms with Gasteiger partial charge in [0.2, 0.25) is 11.8 Å². The third-order valence-corrected chi connectivity index (χ3v) is 4.16. The predicted molar refractivity (Wildman–Crippen MR) is 117 cm³/mol. The first-order valence-corrected chi connectivity index (χ1v) is 10.2. The van der Waals surface area contributed by atoms with E-state index in [9.17, 15) is 14.4 Å². The molecule has 0 fully saturated rings. The number of hydrogen-bond donors (Lipinski definition) is 4. The van der Waals surface area contributed by atoms with Crippen LogP contribution in [0.25, 0.3) is 0 Å². The number of ether oxygens (including phenoxy) is 1. The van der Waals surface area contributed by atoms with Crippen molar-refractivity contribution in [2.45, 2.75) is 51.8 Å². The normalized spacial score (nSPS) is 14.2. The zero-order valence-electron chi connectivity index (χ0n) is 15.8. The number of halogens is 1. The summed E-state index contributed by atoms with van der Waals surface area (Å²) in [6.45, 7) is 7.50. The van der Waals surface area contributed by atoms with Gasteiger partial charge in [0.05, 0.1) is 28.6 Å². The first-order valence-electron chi connectivity index (χ1n) is 8.56. The molecule has 9 heteroatoms. The molecule has 3 atom stereocenters. The lowest BCUT2D eigenvalue weighted by Gasteiger charge is -2.25. The molecule has 0 aromatic heterocycles. The van der Waals surface area contributed by atoms with Gasteiger partial charge < -0.3 is 15.4 Å². The van der Waals surface area contributed by atoms with Gasteiger partial charge >= 0.3 is 3.98 Å². The quantitative estimate of drug-likeness (QED) is 0.178. The Morgan fingerprint density at radius 2 is 1.67 bits per heavy atom. The molecule has 150 valence electrons. The van der Waals surface area contributed by atoms with Crippen molar-refractivity contribution in [3.63, 3.8) is 0 Å². The highest BCUT2D eigenvalue weighted by atomic mass is 127. The van der Waals surface area contributed by atoms with E-state index < -0.39 is 12.1 Å². The number of rotatable bonds is 9. The number of carbonyl (C=O) groups is 3. The number of hydrogen-bond acceptors (Lipinski definition) is 6. The summed E-state index contributed by atoms with van der Waals surface area (Å²) in [5, 5.41) is 8.42. The van der Waals surface area contributed by atoms with E-state index in [1.165, 1.54) is 0 Å². The van der Waals surface area contributed by atoms with Gasteiger partial charge in [-0.3, -0.25) is 14.9 Å². The van der Waals surface area contributed by atoms with Crippen molar-refractivity contribution in [2.24, 2.45) is 5.92 Å². The molecular formula is C18H26IN3O4S. The highest BCUT2D eigenvalue weighted by Gasteiger charge is 2.25. The molecule has 7 nitrogen and oxygen atoms in total. The van der Waals surface area contributed by atoms with Crippen LogP contribution in [-0.4, -0.2) is 33.2 Å². The molecule has 1 aromatic carbocycles. The molecule has 0 heterocycles. The van der Waals surface area contributed by atoms with Crippen molar-refractivity contribution in [2.75, 3.05) is 5.32 Å². The molecule has 3 N–H and O–H groups in total. The smallest absolute Gasteiger partial charge is 0.367 e. The second kappa shape index (κ2) is 11.5. The minimum Gasteiger partial charge on any atom is -0.453 e. The summed E-state index contributed by atoms with van der Waals surface area (Å²) in [6, 6.07) is 5.80. The zero-order chi connectivity index (χ0) is 20.6. The van der Waals surface area contributed by atoms with Crippen molar-refractivity contribution < 1.29 is 19.1 Å². The molecule has 1 unspecified atom stereocenters. The Morgan fingerprint density at radius 3 is 2.15 bits per heavy atom. The Bertz CT molecular complexity index is 653. The van der Waals surface area contributed by atoms with Gasteiger partial charge in [0.15, 0.2) is 0 Å². The summed E-state index contributed by atoms with van der Waals surface area (Å²) in [5.41, 5.74) is 1.40. The molecule has 1 rings (SSSR count). The number of benzene rings is 1. The van der Waals surface area contributed by atoms with E-state index in [0.29, 0.717) is 5.69 Å². The molecule has 0 bridgehead atoms. The van der Waals surface area contributed by atoms with Gasteiger partial charge in [0.1, 0.15) is 12.6 Å². The topological polar surface area (TPSA) is 96.5 Å². The summed E-state index contributed by atoms with van der Waals surface area (Å²) in [7, 11) is 0. The monoisotopic (exact) mass is 507 g/mol. The molecular weight excluding hydrogens is 481 g/mol. The van der Waals surface area contributed by atoms with Gasteiger partial charge in [-0.2, -0.15) is 12.6 Å². The van der Waals surface area contributed by atoms with Crippen LogP contribution >= 0.6 is 35.2 Å². The third kappa shape index (κ3) is 8.93. The first-order chi connectivity index (χ1) is 12.6. The van der Waals surface area contributed by atoms with Crippen LogP contribution in [0.15, 0.2) is 24.3 Å². The van der Waals surface area contributed by atoms with Gasteiger partial charge in [-0.25, -0.2) is 4.79 Å². The van der Waals surface area contributed by atoms with E-state index in [2.05, 4.69) is 28.6 Å². The van der Waals surface area contributed by atoms with Crippen molar-refractivity contribution >= 4 is 56.7 Å². The van der Waals surface area contributed by atoms with Crippen LogP contribution in [0.4, 0.5) is 10.5 Å². The van der Waals surface area contributed by atoms with Crippen LogP contribution in [-0.2, 0) is 20.9 Å². The van der Waals surface area contributed by atoms with Crippen molar-refractivity contribution in [1.82, 2.24) is 10.6 Å². The maximum Gasteiger partial charge on any atom is 0.367 e. The van der Waals surface area contributed by atoms with Crippen molar-refractivity contribution in [3.05, 3.63) is 29.8 Å². The van der Waals surface area contributed by atoms with Crippen LogP contribution in [0.5, 0.6) is 0 Å². The van der Waals surface area contributed by atoms with E-state index >= 15 is 0 Å². The first kappa shape index (κ1) is 23.7. The van der Waals surface area contributed by atoms with E-state index in [4.69, 9.17) is 4.74 Å². The number of nitrogens with one attached hydrogen (secondary N) is 3. The number of anilines is 1. The van der Waals surface area contributed by atoms with Gasteiger partial charge in [-0.1, -0.05) is 26.0 Å². The second-order valence-electron chi connectivity index (χ2n) is 6.51. The Hall–Kier alpha value is -1.33. The van der Waals surface area contributed by atoms with Crippen LogP contribution < -0.4 is 16.0 Å². The second-order valence-corrected chi connectivity index (χ2v) is 8.16. The highest BCUT2D eigenvalue weighted by molar-refractivity contribution is 14.1. The average molecular weight is 507 g/mol. The molecule has 0 saturated heterocycles. The van der Waals surface area contributed by atoms with E-state index in [1.807, 2.05) is 20.8 Å². The minimum atomic E-state index is -0.699. The Morgan fingerprint density at radius 1 is 1.07 bits per heavy atom. The summed E-state index contributed by atoms with van der Waals surface area (Å²) in [5.74, 6) is -0.514. The number of thiol groups is 1. The Balaban J connectivity index is 2.60. The lowest BCUT2D eigenvalue weighted by molar-refractivity contribution is -0.128. The average Bonchev–Trinajstić information content (AvgIpc) is 2.58. The van der Waals surface area contributed by atoms with Crippen LogP contribution in [0.2, 0.25) is 0 Å². The molecule has 0 aliphatic heterocycles. The van der Waals surface area contributed by atoms with Gasteiger partial charge in [0, 0.05) is 11.1 Å². The molecule has 0 radical (unpaired) electrons. The lowest BCUT2D eigenvalue weighted by Crippen LogP contribution is -2.53. The van der Waals surface area contributed by atoms with Gasteiger partial charge in [0.25, 0.3) is 0 Å². The van der Waals surface area contributed by atoms with E-state index in [0.717, 1.165) is 5.56 Å². The summed E-state index contributed by atoms with van der Waals surface area (Å²) >= 11 is 5.82. The Kier molecular flexibility index (Phi) is 10.1. The van der Waals surface area contributed by atoms with E-state index in [1.54, 1.807) is 53.8 Å². The molecule has 2 amide bonds. The van der Waals surface area contributed by atoms with Crippen molar-refractivity contribution in [1.29, 1.82) is 0 Å². The lowest BCUT2D eigenvalue weighted by atomic mass is 10.0. The largest absolute Gasteiger partial charge is 0.453 e. The molecule has 0 spiro atoms. The SMILES string of the molecule is CC(S)N[C@H](C(=O)N[C@@H](C)C(=O)Nc1ccc(COC(=O)I)cc1)C(C)C. The number of amides is 2. The van der Waals surface area contributed by atoms with Crippen LogP contribution in [0, 0.1) is 5.92 Å². The maximum atomic E-state index is 12.4. The van der Waals surface area contributed by atoms with Crippen molar-refractivity contribution in [3.8, 4) is 0 Å². The summed E-state index contributed by atoms with van der Waals surface area (Å²) in [6.07, 6.45) is 0. The molecule has 27 heavy (non-hydrogen) atoms. The summed E-state index contributed by atoms with van der Waals surface area (Å²) < 4.78 is 4.52. The van der Waals surface area contributed by atoms with E-state index in [-0.39, 0.29) is 33.7 Å². The maximum absolute atomic E-state index is 12.4. The van der Waals surface area contributed by atoms with Gasteiger partial charge in [-0.05, 0) is 37.5 Å². The third-order valence-electron chi connectivity index (χ3n) is 3.70. The fourth-order valence-electron chi connectivity index (χ4n) is 2.27. The number of carbonyl (C=O) groups excluding carboxylic acids is 3. The molecule has 0 saturated carbocycles. The minimum absolute atomic E-state index is 0.0547. The van der Waals surface area contributed by atoms with Crippen LogP contribution in [0.3, 0.4) is 0 Å². The predicted octanol–water partition coefficient (Wildman–Crippen LogP) is 3.09. The van der Waals surface area contributed by atoms with Gasteiger partial charge in [-0.15, -0.1) is 0 Å². The molecule has 0 aliphatic rings. The standard InChI is InChI=1S/C18H26IN3O4S/c1-10(2)15(21-12(4)27)17(24)20-11(3)16(23)22-14-7-5-13(6-8-14)9-26-18(19)25/h5-8,10-12,15,21,27H,9H2,1-4H3,(H,20,24)(H,22,23)/t11-,12?,15-/m0/s1. The molecule has 1 aromatic rings. The highest BCUT2D eigenvalue weighted by Crippen LogP contribution is 2.12. The van der Waals surface area contributed by atoms with Crippen LogP contribution in [0.1, 0.15) is 33.3 Å². The zero-order valence-corrected chi connectivity index (χ0v) is 18.8. The molecule has 0 aliphatic carbocycles. The summed E-state index contributed by atoms with van der Waals surface area (Å²) in [4.78, 5) is 35.6.